The second kappa shape index (κ2) is 6.68. The van der Waals surface area contributed by atoms with Crippen molar-refractivity contribution in [1.29, 1.82) is 5.26 Å². The van der Waals surface area contributed by atoms with Crippen molar-refractivity contribution in [1.82, 2.24) is 9.55 Å². The highest BCUT2D eigenvalue weighted by atomic mass is 16.5. The highest BCUT2D eigenvalue weighted by molar-refractivity contribution is 5.82. The number of hydrogen-bond acceptors (Lipinski definition) is 5. The second-order valence-electron chi connectivity index (χ2n) is 4.92. The lowest BCUT2D eigenvalue weighted by Crippen LogP contribution is -2.26. The maximum Gasteiger partial charge on any atom is 0.331 e. The van der Waals surface area contributed by atoms with Crippen LogP contribution in [-0.2, 0) is 22.7 Å². The summed E-state index contributed by atoms with van der Waals surface area (Å²) in [7, 11) is 0. The van der Waals surface area contributed by atoms with Gasteiger partial charge in [0, 0.05) is 6.08 Å². The van der Waals surface area contributed by atoms with Crippen LogP contribution in [0.5, 0.6) is 0 Å². The van der Waals surface area contributed by atoms with Crippen LogP contribution in [0.3, 0.4) is 0 Å². The summed E-state index contributed by atoms with van der Waals surface area (Å²) >= 11 is 0. The Morgan fingerprint density at radius 2 is 2.14 bits per heavy atom. The van der Waals surface area contributed by atoms with Crippen LogP contribution in [-0.4, -0.2) is 15.5 Å². The third kappa shape index (κ3) is 3.38. The quantitative estimate of drug-likeness (QED) is 0.636. The molecule has 0 saturated carbocycles. The number of rotatable bonds is 4. The Morgan fingerprint density at radius 3 is 2.82 bits per heavy atom. The number of esters is 1. The van der Waals surface area contributed by atoms with Crippen molar-refractivity contribution in [2.24, 2.45) is 0 Å². The SMILES string of the molecule is CC(C)=CC(=O)OCc1nc2ccccc2c(=O)n1CC#N. The molecule has 112 valence electrons. The van der Waals surface area contributed by atoms with Crippen molar-refractivity contribution >= 4 is 16.9 Å². The Balaban J connectivity index is 2.42. The van der Waals surface area contributed by atoms with E-state index in [1.165, 1.54) is 10.6 Å². The zero-order chi connectivity index (χ0) is 16.1. The molecule has 0 aliphatic heterocycles. The van der Waals surface area contributed by atoms with Crippen molar-refractivity contribution in [3.8, 4) is 6.07 Å². The molecular formula is C16H15N3O3. The van der Waals surface area contributed by atoms with Gasteiger partial charge in [-0.25, -0.2) is 9.78 Å². The fourth-order valence-corrected chi connectivity index (χ4v) is 1.97. The Kier molecular flexibility index (Phi) is 4.69. The number of nitriles is 1. The van der Waals surface area contributed by atoms with Gasteiger partial charge in [0.1, 0.15) is 13.2 Å². The summed E-state index contributed by atoms with van der Waals surface area (Å²) in [6.45, 7) is 3.25. The monoisotopic (exact) mass is 297 g/mol. The molecule has 0 radical (unpaired) electrons. The van der Waals surface area contributed by atoms with Crippen LogP contribution in [0.4, 0.5) is 0 Å². The lowest BCUT2D eigenvalue weighted by molar-refractivity contribution is -0.139. The van der Waals surface area contributed by atoms with E-state index < -0.39 is 5.97 Å². The molecule has 0 spiro atoms. The number of nitrogens with zero attached hydrogens (tertiary/aromatic N) is 3. The summed E-state index contributed by atoms with van der Waals surface area (Å²) in [5, 5.41) is 9.31. The first-order valence-corrected chi connectivity index (χ1v) is 6.70. The molecule has 2 aromatic rings. The van der Waals surface area contributed by atoms with Gasteiger partial charge < -0.3 is 4.74 Å². The molecule has 1 heterocycles. The largest absolute Gasteiger partial charge is 0.454 e. The smallest absolute Gasteiger partial charge is 0.331 e. The number of ether oxygens (including phenoxy) is 1. The summed E-state index contributed by atoms with van der Waals surface area (Å²) in [4.78, 5) is 28.3. The van der Waals surface area contributed by atoms with Gasteiger partial charge in [-0.15, -0.1) is 0 Å². The zero-order valence-electron chi connectivity index (χ0n) is 12.4. The Hall–Kier alpha value is -2.94. The van der Waals surface area contributed by atoms with Gasteiger partial charge in [0.05, 0.1) is 17.0 Å². The number of carbonyl (C=O) groups excluding carboxylic acids is 1. The number of carbonyl (C=O) groups is 1. The molecule has 0 bridgehead atoms. The van der Waals surface area contributed by atoms with Crippen LogP contribution >= 0.6 is 0 Å². The summed E-state index contributed by atoms with van der Waals surface area (Å²) in [5.74, 6) is -0.258. The average molecular weight is 297 g/mol. The normalized spacial score (nSPS) is 10.0. The van der Waals surface area contributed by atoms with Gasteiger partial charge in [0.2, 0.25) is 0 Å². The maximum absolute atomic E-state index is 12.4. The molecule has 0 amide bonds. The summed E-state index contributed by atoms with van der Waals surface area (Å²) in [6.07, 6.45) is 1.35. The van der Waals surface area contributed by atoms with Gasteiger partial charge in [0.15, 0.2) is 5.82 Å². The van der Waals surface area contributed by atoms with E-state index in [0.717, 1.165) is 5.57 Å². The fraction of sp³-hybridized carbons (Fsp3) is 0.250. The fourth-order valence-electron chi connectivity index (χ4n) is 1.97. The van der Waals surface area contributed by atoms with Crippen molar-refractivity contribution in [2.45, 2.75) is 27.0 Å². The van der Waals surface area contributed by atoms with E-state index in [4.69, 9.17) is 10.00 Å². The molecule has 6 nitrogen and oxygen atoms in total. The second-order valence-corrected chi connectivity index (χ2v) is 4.92. The van der Waals surface area contributed by atoms with E-state index >= 15 is 0 Å². The van der Waals surface area contributed by atoms with Gasteiger partial charge in [-0.2, -0.15) is 5.26 Å². The van der Waals surface area contributed by atoms with E-state index in [9.17, 15) is 9.59 Å². The minimum atomic E-state index is -0.508. The van der Waals surface area contributed by atoms with Crippen LogP contribution in [0.1, 0.15) is 19.7 Å². The summed E-state index contributed by atoms with van der Waals surface area (Å²) in [6, 6.07) is 8.77. The Morgan fingerprint density at radius 1 is 1.41 bits per heavy atom. The summed E-state index contributed by atoms with van der Waals surface area (Å²) < 4.78 is 6.30. The Bertz CT molecular complexity index is 840. The lowest BCUT2D eigenvalue weighted by atomic mass is 10.2. The van der Waals surface area contributed by atoms with Crippen LogP contribution < -0.4 is 5.56 Å². The minimum absolute atomic E-state index is 0.147. The van der Waals surface area contributed by atoms with Crippen LogP contribution in [0, 0.1) is 11.3 Å². The van der Waals surface area contributed by atoms with Gasteiger partial charge in [-0.1, -0.05) is 17.7 Å². The third-order valence-electron chi connectivity index (χ3n) is 2.92. The molecule has 0 aliphatic carbocycles. The molecular weight excluding hydrogens is 282 g/mol. The van der Waals surface area contributed by atoms with Gasteiger partial charge in [-0.3, -0.25) is 9.36 Å². The van der Waals surface area contributed by atoms with Crippen molar-refractivity contribution in [3.63, 3.8) is 0 Å². The van der Waals surface area contributed by atoms with Crippen LogP contribution in [0.15, 0.2) is 40.7 Å². The number of benzene rings is 1. The predicted molar refractivity (Wildman–Crippen MR) is 80.8 cm³/mol. The van der Waals surface area contributed by atoms with Crippen molar-refractivity contribution in [3.05, 3.63) is 52.1 Å². The average Bonchev–Trinajstić information content (AvgIpc) is 2.48. The van der Waals surface area contributed by atoms with E-state index in [1.54, 1.807) is 38.1 Å². The molecule has 22 heavy (non-hydrogen) atoms. The van der Waals surface area contributed by atoms with E-state index in [-0.39, 0.29) is 24.5 Å². The molecule has 0 fully saturated rings. The Labute approximate surface area is 127 Å². The van der Waals surface area contributed by atoms with Gasteiger partial charge in [0.25, 0.3) is 5.56 Å². The number of allylic oxidation sites excluding steroid dienone is 1. The molecule has 0 aliphatic rings. The van der Waals surface area contributed by atoms with Gasteiger partial charge in [-0.05, 0) is 26.0 Å². The molecule has 0 atom stereocenters. The van der Waals surface area contributed by atoms with Crippen molar-refractivity contribution in [2.75, 3.05) is 0 Å². The van der Waals surface area contributed by atoms with E-state index in [1.807, 2.05) is 6.07 Å². The van der Waals surface area contributed by atoms with Crippen molar-refractivity contribution < 1.29 is 9.53 Å². The standard InChI is InChI=1S/C16H15N3O3/c1-11(2)9-15(20)22-10-14-18-13-6-4-3-5-12(13)16(21)19(14)8-7-17/h3-6,9H,8,10H2,1-2H3. The van der Waals surface area contributed by atoms with Gasteiger partial charge >= 0.3 is 5.97 Å². The highest BCUT2D eigenvalue weighted by Crippen LogP contribution is 2.09. The highest BCUT2D eigenvalue weighted by Gasteiger charge is 2.12. The number of fused-ring (bicyclic) bond motifs is 1. The molecule has 0 saturated heterocycles. The first kappa shape index (κ1) is 15.4. The number of hydrogen-bond donors (Lipinski definition) is 0. The first-order chi connectivity index (χ1) is 10.5. The maximum atomic E-state index is 12.4. The molecule has 1 aromatic carbocycles. The van der Waals surface area contributed by atoms with Crippen LogP contribution in [0.25, 0.3) is 10.9 Å². The first-order valence-electron chi connectivity index (χ1n) is 6.70. The minimum Gasteiger partial charge on any atom is -0.454 e. The number of aromatic nitrogens is 2. The third-order valence-corrected chi connectivity index (χ3v) is 2.92. The molecule has 2 rings (SSSR count). The summed E-state index contributed by atoms with van der Waals surface area (Å²) in [5.41, 5.74) is 1.00. The molecule has 0 unspecified atom stereocenters. The molecule has 6 heteroatoms. The van der Waals surface area contributed by atoms with Crippen LogP contribution in [0.2, 0.25) is 0 Å². The topological polar surface area (TPSA) is 85.0 Å². The lowest BCUT2D eigenvalue weighted by Gasteiger charge is -2.10. The number of para-hydroxylation sites is 1. The predicted octanol–water partition coefficient (Wildman–Crippen LogP) is 1.93. The molecule has 1 aromatic heterocycles. The molecule has 0 N–H and O–H groups in total. The zero-order valence-corrected chi connectivity index (χ0v) is 12.4. The van der Waals surface area contributed by atoms with E-state index in [0.29, 0.717) is 10.9 Å². The van der Waals surface area contributed by atoms with E-state index in [2.05, 4.69) is 4.98 Å².